The molecular formula is C11H22. The highest BCUT2D eigenvalue weighted by Gasteiger charge is 2.06. The van der Waals surface area contributed by atoms with Crippen molar-refractivity contribution in [2.24, 2.45) is 11.8 Å². The topological polar surface area (TPSA) is 0 Å². The van der Waals surface area contributed by atoms with Crippen molar-refractivity contribution >= 4 is 0 Å². The van der Waals surface area contributed by atoms with E-state index >= 15 is 0 Å². The van der Waals surface area contributed by atoms with E-state index in [0.717, 1.165) is 5.92 Å². The summed E-state index contributed by atoms with van der Waals surface area (Å²) in [7, 11) is 0. The van der Waals surface area contributed by atoms with Crippen LogP contribution < -0.4 is 0 Å². The average molecular weight is 154 g/mol. The highest BCUT2D eigenvalue weighted by molar-refractivity contribution is 5.13. The van der Waals surface area contributed by atoms with Gasteiger partial charge in [0.1, 0.15) is 0 Å². The third kappa shape index (κ3) is 3.09. The molecule has 0 nitrogen and oxygen atoms in total. The monoisotopic (exact) mass is 154 g/mol. The van der Waals surface area contributed by atoms with Crippen molar-refractivity contribution in [1.82, 2.24) is 0 Å². The van der Waals surface area contributed by atoms with Gasteiger partial charge in [0.2, 0.25) is 0 Å². The molecule has 0 saturated carbocycles. The smallest absolute Gasteiger partial charge is 0.0234 e. The Hall–Kier alpha value is -0.260. The molecule has 0 heteroatoms. The Kier molecular flexibility index (Phi) is 4.48. The van der Waals surface area contributed by atoms with Crippen LogP contribution in [0.3, 0.4) is 0 Å². The highest BCUT2D eigenvalue weighted by atomic mass is 14.1. The first-order chi connectivity index (χ1) is 5.00. The normalized spacial score (nSPS) is 16.6. The molecule has 0 N–H and O–H groups in total. The Balaban J connectivity index is 4.38. The van der Waals surface area contributed by atoms with Gasteiger partial charge in [0.25, 0.3) is 0 Å². The first-order valence-corrected chi connectivity index (χ1v) is 4.67. The Bertz CT molecular complexity index is 140. The van der Waals surface area contributed by atoms with Crippen LogP contribution in [0.15, 0.2) is 11.1 Å². The van der Waals surface area contributed by atoms with Gasteiger partial charge >= 0.3 is 0 Å². The first kappa shape index (κ1) is 10.7. The Morgan fingerprint density at radius 3 is 1.73 bits per heavy atom. The van der Waals surface area contributed by atoms with Gasteiger partial charge in [0, 0.05) is 0 Å². The van der Waals surface area contributed by atoms with Crippen molar-refractivity contribution in [3.05, 3.63) is 11.1 Å². The molecule has 66 valence electrons. The largest absolute Gasteiger partial charge is 0.0716 e. The van der Waals surface area contributed by atoms with Crippen LogP contribution in [0.4, 0.5) is 0 Å². The Morgan fingerprint density at radius 2 is 1.45 bits per heavy atom. The molecule has 0 aromatic heterocycles. The molecule has 0 fully saturated rings. The Morgan fingerprint density at radius 1 is 1.00 bits per heavy atom. The minimum Gasteiger partial charge on any atom is -0.0716 e. The van der Waals surface area contributed by atoms with E-state index in [1.165, 1.54) is 6.42 Å². The molecule has 0 aliphatic heterocycles. The van der Waals surface area contributed by atoms with Crippen LogP contribution in [0.1, 0.15) is 48.0 Å². The minimum atomic E-state index is 0.712. The zero-order chi connectivity index (χ0) is 9.02. The van der Waals surface area contributed by atoms with E-state index in [1.54, 1.807) is 11.1 Å². The van der Waals surface area contributed by atoms with Crippen molar-refractivity contribution in [2.45, 2.75) is 48.0 Å². The van der Waals surface area contributed by atoms with Crippen LogP contribution >= 0.6 is 0 Å². The van der Waals surface area contributed by atoms with Gasteiger partial charge in [-0.25, -0.2) is 0 Å². The maximum atomic E-state index is 2.31. The lowest BCUT2D eigenvalue weighted by Crippen LogP contribution is -2.01. The fourth-order valence-electron chi connectivity index (χ4n) is 1.15. The molecule has 0 heterocycles. The number of allylic oxidation sites excluding steroid dienone is 2. The molecule has 0 aliphatic carbocycles. The van der Waals surface area contributed by atoms with E-state index in [2.05, 4.69) is 41.5 Å². The number of rotatable bonds is 3. The molecule has 11 heavy (non-hydrogen) atoms. The SMILES string of the molecule is CCC(C)C(C)=C(C)C(C)C. The lowest BCUT2D eigenvalue weighted by atomic mass is 9.91. The van der Waals surface area contributed by atoms with Crippen LogP contribution in [-0.2, 0) is 0 Å². The van der Waals surface area contributed by atoms with Crippen LogP contribution in [0.2, 0.25) is 0 Å². The fraction of sp³-hybridized carbons (Fsp3) is 0.818. The molecule has 0 aliphatic rings. The summed E-state index contributed by atoms with van der Waals surface area (Å²) in [5.74, 6) is 1.47. The fourth-order valence-corrected chi connectivity index (χ4v) is 1.15. The third-order valence-electron chi connectivity index (χ3n) is 2.84. The van der Waals surface area contributed by atoms with E-state index in [9.17, 15) is 0 Å². The van der Waals surface area contributed by atoms with Gasteiger partial charge in [-0.2, -0.15) is 0 Å². The Labute approximate surface area is 71.7 Å². The summed E-state index contributed by atoms with van der Waals surface area (Å²) in [4.78, 5) is 0. The van der Waals surface area contributed by atoms with Gasteiger partial charge in [0.05, 0.1) is 0 Å². The highest BCUT2D eigenvalue weighted by Crippen LogP contribution is 2.22. The molecular weight excluding hydrogens is 132 g/mol. The lowest BCUT2D eigenvalue weighted by Gasteiger charge is -2.16. The predicted octanol–water partition coefficient (Wildman–Crippen LogP) is 4.02. The molecule has 0 spiro atoms. The quantitative estimate of drug-likeness (QED) is 0.538. The second-order valence-corrected chi connectivity index (χ2v) is 3.83. The van der Waals surface area contributed by atoms with Crippen LogP contribution in [0, 0.1) is 11.8 Å². The molecule has 0 amide bonds. The minimum absolute atomic E-state index is 0.712. The first-order valence-electron chi connectivity index (χ1n) is 4.67. The van der Waals surface area contributed by atoms with Crippen LogP contribution in [0.25, 0.3) is 0 Å². The van der Waals surface area contributed by atoms with Crippen LogP contribution in [-0.4, -0.2) is 0 Å². The van der Waals surface area contributed by atoms with Gasteiger partial charge in [-0.05, 0) is 32.1 Å². The zero-order valence-corrected chi connectivity index (χ0v) is 8.86. The van der Waals surface area contributed by atoms with E-state index in [0.29, 0.717) is 5.92 Å². The van der Waals surface area contributed by atoms with Gasteiger partial charge in [-0.15, -0.1) is 0 Å². The standard InChI is InChI=1S/C11H22/c1-7-9(4)11(6)10(5)8(2)3/h8-9H,7H2,1-6H3. The van der Waals surface area contributed by atoms with Crippen molar-refractivity contribution in [2.75, 3.05) is 0 Å². The summed E-state index contributed by atoms with van der Waals surface area (Å²) in [6, 6.07) is 0. The van der Waals surface area contributed by atoms with Crippen molar-refractivity contribution in [1.29, 1.82) is 0 Å². The second kappa shape index (κ2) is 4.58. The maximum absolute atomic E-state index is 2.31. The van der Waals surface area contributed by atoms with Gasteiger partial charge < -0.3 is 0 Å². The van der Waals surface area contributed by atoms with Gasteiger partial charge in [-0.1, -0.05) is 38.8 Å². The van der Waals surface area contributed by atoms with Crippen molar-refractivity contribution in [3.63, 3.8) is 0 Å². The van der Waals surface area contributed by atoms with Gasteiger partial charge in [0.15, 0.2) is 0 Å². The number of hydrogen-bond acceptors (Lipinski definition) is 0. The summed E-state index contributed by atoms with van der Waals surface area (Å²) in [6.07, 6.45) is 1.26. The molecule has 0 radical (unpaired) electrons. The van der Waals surface area contributed by atoms with Crippen molar-refractivity contribution in [3.8, 4) is 0 Å². The van der Waals surface area contributed by atoms with Crippen molar-refractivity contribution < 1.29 is 0 Å². The average Bonchev–Trinajstić information content (AvgIpc) is 2.00. The second-order valence-electron chi connectivity index (χ2n) is 3.83. The molecule has 0 aromatic rings. The zero-order valence-electron chi connectivity index (χ0n) is 8.86. The predicted molar refractivity (Wildman–Crippen MR) is 52.7 cm³/mol. The maximum Gasteiger partial charge on any atom is -0.0234 e. The molecule has 0 saturated heterocycles. The molecule has 0 rings (SSSR count). The van der Waals surface area contributed by atoms with E-state index in [-0.39, 0.29) is 0 Å². The van der Waals surface area contributed by atoms with E-state index in [1.807, 2.05) is 0 Å². The summed E-state index contributed by atoms with van der Waals surface area (Å²) < 4.78 is 0. The summed E-state index contributed by atoms with van der Waals surface area (Å²) >= 11 is 0. The number of hydrogen-bond donors (Lipinski definition) is 0. The van der Waals surface area contributed by atoms with E-state index < -0.39 is 0 Å². The molecule has 1 unspecified atom stereocenters. The third-order valence-corrected chi connectivity index (χ3v) is 2.84. The molecule has 1 atom stereocenters. The summed E-state index contributed by atoms with van der Waals surface area (Å²) in [6.45, 7) is 13.6. The summed E-state index contributed by atoms with van der Waals surface area (Å²) in [5, 5.41) is 0. The lowest BCUT2D eigenvalue weighted by molar-refractivity contribution is 0.624. The van der Waals surface area contributed by atoms with Gasteiger partial charge in [-0.3, -0.25) is 0 Å². The summed E-state index contributed by atoms with van der Waals surface area (Å²) in [5.41, 5.74) is 3.15. The van der Waals surface area contributed by atoms with E-state index in [4.69, 9.17) is 0 Å². The molecule has 0 aromatic carbocycles. The molecule has 0 bridgehead atoms. The van der Waals surface area contributed by atoms with Crippen LogP contribution in [0.5, 0.6) is 0 Å².